The Labute approximate surface area is 351 Å². The van der Waals surface area contributed by atoms with E-state index in [2.05, 4.69) is 34.6 Å². The maximum absolute atomic E-state index is 14.8. The van der Waals surface area contributed by atoms with Crippen LogP contribution in [0.1, 0.15) is 86.6 Å². The number of ether oxygens (including phenoxy) is 2. The standard InChI is InChI=1S/C50H49ClN2O6/c1-33(46-44(54)30-49(2,3)31-45(46)55)52-29-17-16-28-43(53-48(57)58-32-40-38-24-12-10-22-36(38)37-23-11-13-25-39(37)40)47(56)59-50(34-18-6-4-7-19-34,35-20-8-5-9-21-35)41-26-14-15-27-42(41)51/h4-15,18-27,40,43,54H,16-17,28-32H2,1-3H3,(H,53,57)/t43-/m0/s1. The van der Waals surface area contributed by atoms with E-state index < -0.39 is 23.7 Å². The van der Waals surface area contributed by atoms with Crippen LogP contribution in [0.5, 0.6) is 0 Å². The number of esters is 1. The Hall–Kier alpha value is -5.99. The minimum Gasteiger partial charge on any atom is -0.511 e. The van der Waals surface area contributed by atoms with Gasteiger partial charge < -0.3 is 19.9 Å². The molecule has 0 saturated carbocycles. The van der Waals surface area contributed by atoms with Gasteiger partial charge in [-0.3, -0.25) is 9.79 Å². The number of halogens is 1. The van der Waals surface area contributed by atoms with Crippen LogP contribution in [0, 0.1) is 5.41 Å². The van der Waals surface area contributed by atoms with Gasteiger partial charge in [-0.15, -0.1) is 0 Å². The molecule has 2 aliphatic rings. The zero-order valence-corrected chi connectivity index (χ0v) is 34.4. The summed E-state index contributed by atoms with van der Waals surface area (Å²) in [5.74, 6) is -0.882. The van der Waals surface area contributed by atoms with Crippen molar-refractivity contribution in [2.45, 2.75) is 70.4 Å². The monoisotopic (exact) mass is 808 g/mol. The summed E-state index contributed by atoms with van der Waals surface area (Å²) in [4.78, 5) is 46.1. The van der Waals surface area contributed by atoms with E-state index in [9.17, 15) is 19.5 Å². The summed E-state index contributed by atoms with van der Waals surface area (Å²) in [5, 5.41) is 14.0. The first-order chi connectivity index (χ1) is 28.5. The molecule has 0 unspecified atom stereocenters. The van der Waals surface area contributed by atoms with Gasteiger partial charge in [0.2, 0.25) is 0 Å². The fraction of sp³-hybridized carbons (Fsp3) is 0.280. The van der Waals surface area contributed by atoms with Gasteiger partial charge in [-0.1, -0.05) is 153 Å². The predicted octanol–water partition coefficient (Wildman–Crippen LogP) is 10.9. The van der Waals surface area contributed by atoms with Crippen molar-refractivity contribution in [1.82, 2.24) is 5.32 Å². The van der Waals surface area contributed by atoms with E-state index in [1.54, 1.807) is 13.0 Å². The second-order valence-corrected chi connectivity index (χ2v) is 16.5. The summed E-state index contributed by atoms with van der Waals surface area (Å²) in [6.07, 6.45) is 1.23. The quantitative estimate of drug-likeness (QED) is 0.0500. The molecule has 8 nitrogen and oxygen atoms in total. The van der Waals surface area contributed by atoms with Crippen molar-refractivity contribution in [3.63, 3.8) is 0 Å². The highest BCUT2D eigenvalue weighted by atomic mass is 35.5. The van der Waals surface area contributed by atoms with Gasteiger partial charge in [-0.25, -0.2) is 9.59 Å². The van der Waals surface area contributed by atoms with Crippen LogP contribution in [0.15, 0.2) is 150 Å². The molecule has 5 aromatic rings. The number of hydrogen-bond donors (Lipinski definition) is 2. The molecule has 0 aromatic heterocycles. The van der Waals surface area contributed by atoms with Crippen molar-refractivity contribution in [3.8, 4) is 11.1 Å². The van der Waals surface area contributed by atoms with E-state index in [0.29, 0.717) is 65.2 Å². The number of amides is 1. The van der Waals surface area contributed by atoms with Crippen LogP contribution in [-0.4, -0.2) is 47.9 Å². The second kappa shape index (κ2) is 17.9. The Morgan fingerprint density at radius 1 is 0.814 bits per heavy atom. The fourth-order valence-electron chi connectivity index (χ4n) is 8.48. The van der Waals surface area contributed by atoms with Crippen LogP contribution in [0.4, 0.5) is 4.79 Å². The Morgan fingerprint density at radius 3 is 1.97 bits per heavy atom. The van der Waals surface area contributed by atoms with Crippen molar-refractivity contribution in [2.24, 2.45) is 10.4 Å². The minimum absolute atomic E-state index is 0.0708. The van der Waals surface area contributed by atoms with Gasteiger partial charge in [0, 0.05) is 52.7 Å². The van der Waals surface area contributed by atoms with Gasteiger partial charge in [0.25, 0.3) is 0 Å². The summed E-state index contributed by atoms with van der Waals surface area (Å²) in [6.45, 7) is 6.08. The van der Waals surface area contributed by atoms with Gasteiger partial charge in [0.15, 0.2) is 11.4 Å². The van der Waals surface area contributed by atoms with Crippen LogP contribution in [0.2, 0.25) is 5.02 Å². The molecule has 302 valence electrons. The smallest absolute Gasteiger partial charge is 0.407 e. The number of alkyl carbamates (subject to hydrolysis) is 1. The zero-order chi connectivity index (χ0) is 41.6. The van der Waals surface area contributed by atoms with E-state index in [1.807, 2.05) is 117 Å². The number of ketones is 1. The molecule has 0 saturated heterocycles. The Bertz CT molecular complexity index is 2300. The second-order valence-electron chi connectivity index (χ2n) is 16.1. The highest BCUT2D eigenvalue weighted by Crippen LogP contribution is 2.46. The molecule has 0 radical (unpaired) electrons. The third-order valence-electron chi connectivity index (χ3n) is 11.3. The first kappa shape index (κ1) is 41.2. The highest BCUT2D eigenvalue weighted by Gasteiger charge is 2.44. The molecular weight excluding hydrogens is 760 g/mol. The lowest BCUT2D eigenvalue weighted by Gasteiger charge is -2.37. The van der Waals surface area contributed by atoms with Crippen molar-refractivity contribution < 1.29 is 29.0 Å². The number of allylic oxidation sites excluding steroid dienone is 2. The topological polar surface area (TPSA) is 114 Å². The summed E-state index contributed by atoms with van der Waals surface area (Å²) >= 11 is 6.93. The summed E-state index contributed by atoms with van der Waals surface area (Å²) < 4.78 is 12.7. The molecule has 0 fully saturated rings. The van der Waals surface area contributed by atoms with E-state index in [1.165, 1.54) is 0 Å². The average molecular weight is 809 g/mol. The van der Waals surface area contributed by atoms with E-state index >= 15 is 0 Å². The Balaban J connectivity index is 1.15. The number of fused-ring (bicyclic) bond motifs is 3. The van der Waals surface area contributed by atoms with E-state index in [4.69, 9.17) is 21.1 Å². The number of carbonyl (C=O) groups excluding carboxylic acids is 3. The lowest BCUT2D eigenvalue weighted by atomic mass is 9.76. The summed E-state index contributed by atoms with van der Waals surface area (Å²) in [6, 6.07) is 41.2. The zero-order valence-electron chi connectivity index (χ0n) is 33.6. The number of nitrogens with zero attached hydrogens (tertiary/aromatic N) is 1. The first-order valence-corrected chi connectivity index (χ1v) is 20.5. The minimum atomic E-state index is -1.47. The van der Waals surface area contributed by atoms with Gasteiger partial charge >= 0.3 is 12.1 Å². The lowest BCUT2D eigenvalue weighted by molar-refractivity contribution is -0.156. The molecule has 7 rings (SSSR count). The average Bonchev–Trinajstić information content (AvgIpc) is 3.55. The van der Waals surface area contributed by atoms with E-state index in [-0.39, 0.29) is 35.9 Å². The number of hydrogen-bond acceptors (Lipinski definition) is 7. The third-order valence-corrected chi connectivity index (χ3v) is 11.6. The number of aliphatic hydroxyl groups excluding tert-OH is 1. The maximum atomic E-state index is 14.8. The molecule has 0 bridgehead atoms. The molecule has 1 atom stereocenters. The fourth-order valence-corrected chi connectivity index (χ4v) is 8.75. The number of unbranched alkanes of at least 4 members (excludes halogenated alkanes) is 1. The van der Waals surface area contributed by atoms with Crippen LogP contribution < -0.4 is 5.32 Å². The van der Waals surface area contributed by atoms with Crippen LogP contribution >= 0.6 is 11.6 Å². The normalized spacial score (nSPS) is 15.6. The first-order valence-electron chi connectivity index (χ1n) is 20.2. The summed E-state index contributed by atoms with van der Waals surface area (Å²) in [5.41, 5.74) is 5.29. The number of Topliss-reactive ketones (excluding diaryl/α,β-unsaturated/α-hetero) is 1. The van der Waals surface area contributed by atoms with Gasteiger partial charge in [-0.2, -0.15) is 0 Å². The van der Waals surface area contributed by atoms with Gasteiger partial charge in [0.1, 0.15) is 18.4 Å². The predicted molar refractivity (Wildman–Crippen MR) is 232 cm³/mol. The van der Waals surface area contributed by atoms with Crippen molar-refractivity contribution in [2.75, 3.05) is 13.2 Å². The van der Waals surface area contributed by atoms with Crippen molar-refractivity contribution in [3.05, 3.63) is 178 Å². The lowest BCUT2D eigenvalue weighted by Crippen LogP contribution is -2.46. The Kier molecular flexibility index (Phi) is 12.5. The maximum Gasteiger partial charge on any atom is 0.407 e. The molecule has 1 amide bonds. The number of rotatable bonds is 14. The Morgan fingerprint density at radius 2 is 1.37 bits per heavy atom. The number of aliphatic hydroxyl groups is 1. The molecule has 2 aliphatic carbocycles. The van der Waals surface area contributed by atoms with Crippen molar-refractivity contribution >= 4 is 35.2 Å². The molecule has 5 aromatic carbocycles. The molecule has 0 aliphatic heterocycles. The highest BCUT2D eigenvalue weighted by molar-refractivity contribution is 6.31. The molecule has 2 N–H and O–H groups in total. The molecule has 0 spiro atoms. The number of benzene rings is 5. The largest absolute Gasteiger partial charge is 0.511 e. The molecule has 9 heteroatoms. The third kappa shape index (κ3) is 8.88. The van der Waals surface area contributed by atoms with Crippen LogP contribution in [0.3, 0.4) is 0 Å². The summed E-state index contributed by atoms with van der Waals surface area (Å²) in [7, 11) is 0. The number of aliphatic imine (C=N–C) groups is 1. The van der Waals surface area contributed by atoms with Crippen molar-refractivity contribution in [1.29, 1.82) is 0 Å². The SMILES string of the molecule is CC(=NCCCC[C@H](NC(=O)OCC1c2ccccc2-c2ccccc21)C(=O)OC(c1ccccc1)(c1ccccc1)c1ccccc1Cl)C1=C(O)CC(C)(C)CC1=O. The van der Waals surface area contributed by atoms with E-state index in [0.717, 1.165) is 22.3 Å². The van der Waals surface area contributed by atoms with Crippen LogP contribution in [-0.2, 0) is 24.7 Å². The van der Waals surface area contributed by atoms with Gasteiger partial charge in [0.05, 0.1) is 5.57 Å². The number of nitrogens with one attached hydrogen (secondary N) is 1. The van der Waals surface area contributed by atoms with Gasteiger partial charge in [-0.05, 0) is 59.9 Å². The number of carbonyl (C=O) groups is 3. The molecular formula is C50H49ClN2O6. The van der Waals surface area contributed by atoms with Crippen LogP contribution in [0.25, 0.3) is 11.1 Å². The molecule has 59 heavy (non-hydrogen) atoms. The molecule has 0 heterocycles.